The van der Waals surface area contributed by atoms with Crippen LogP contribution in [-0.4, -0.2) is 44.4 Å². The Labute approximate surface area is 141 Å². The number of benzene rings is 2. The molecule has 1 atom stereocenters. The molecular formula is C19H21NO4. The molecule has 2 aromatic carbocycles. The van der Waals surface area contributed by atoms with Crippen molar-refractivity contribution in [2.24, 2.45) is 0 Å². The van der Waals surface area contributed by atoms with Crippen LogP contribution in [-0.2, 0) is 6.54 Å². The lowest BCUT2D eigenvalue weighted by Gasteiger charge is -2.29. The van der Waals surface area contributed by atoms with Gasteiger partial charge in [0.05, 0.1) is 0 Å². The summed E-state index contributed by atoms with van der Waals surface area (Å²) in [6.07, 6.45) is 0.0297. The molecule has 5 heteroatoms. The van der Waals surface area contributed by atoms with E-state index in [0.717, 1.165) is 36.1 Å². The molecule has 0 aliphatic carbocycles. The lowest BCUT2D eigenvalue weighted by Crippen LogP contribution is -2.39. The smallest absolute Gasteiger partial charge is 0.161 e. The summed E-state index contributed by atoms with van der Waals surface area (Å²) in [5, 5.41) is 0. The summed E-state index contributed by atoms with van der Waals surface area (Å²) < 4.78 is 23.0. The maximum absolute atomic E-state index is 6.02. The highest BCUT2D eigenvalue weighted by Crippen LogP contribution is 2.32. The Morgan fingerprint density at radius 1 is 0.917 bits per heavy atom. The van der Waals surface area contributed by atoms with Gasteiger partial charge in [0.15, 0.2) is 23.0 Å². The van der Waals surface area contributed by atoms with E-state index in [1.165, 1.54) is 5.56 Å². The SMILES string of the molecule is CN(Cc1ccc2c(c1)OCCO2)CC1COc2ccccc2O1. The molecular weight excluding hydrogens is 306 g/mol. The molecule has 1 unspecified atom stereocenters. The molecule has 0 aromatic heterocycles. The number of para-hydroxylation sites is 2. The van der Waals surface area contributed by atoms with E-state index in [1.54, 1.807) is 0 Å². The maximum Gasteiger partial charge on any atom is 0.161 e. The monoisotopic (exact) mass is 327 g/mol. The molecule has 0 saturated heterocycles. The quantitative estimate of drug-likeness (QED) is 0.863. The van der Waals surface area contributed by atoms with Crippen molar-refractivity contribution in [3.05, 3.63) is 48.0 Å². The van der Waals surface area contributed by atoms with Gasteiger partial charge >= 0.3 is 0 Å². The number of hydrogen-bond acceptors (Lipinski definition) is 5. The Kier molecular flexibility index (Phi) is 4.17. The van der Waals surface area contributed by atoms with Crippen LogP contribution in [0.3, 0.4) is 0 Å². The molecule has 0 saturated carbocycles. The van der Waals surface area contributed by atoms with Crippen molar-refractivity contribution >= 4 is 0 Å². The Balaban J connectivity index is 1.36. The van der Waals surface area contributed by atoms with Crippen molar-refractivity contribution in [2.75, 3.05) is 33.4 Å². The standard InChI is InChI=1S/C19H21NO4/c1-20(11-14-6-7-17-19(10-14)22-9-8-21-17)12-15-13-23-16-4-2-3-5-18(16)24-15/h2-7,10,15H,8-9,11-13H2,1H3. The second kappa shape index (κ2) is 6.61. The van der Waals surface area contributed by atoms with Crippen LogP contribution < -0.4 is 18.9 Å². The zero-order valence-corrected chi connectivity index (χ0v) is 13.7. The molecule has 2 aromatic rings. The van der Waals surface area contributed by atoms with Crippen LogP contribution in [0.15, 0.2) is 42.5 Å². The van der Waals surface area contributed by atoms with Gasteiger partial charge in [0, 0.05) is 13.1 Å². The fraction of sp³-hybridized carbons (Fsp3) is 0.368. The first-order chi connectivity index (χ1) is 11.8. The van der Waals surface area contributed by atoms with Crippen molar-refractivity contribution in [1.82, 2.24) is 4.90 Å². The Hall–Kier alpha value is -2.40. The van der Waals surface area contributed by atoms with Gasteiger partial charge in [0.2, 0.25) is 0 Å². The van der Waals surface area contributed by atoms with E-state index in [1.807, 2.05) is 30.3 Å². The zero-order valence-electron chi connectivity index (χ0n) is 13.7. The average Bonchev–Trinajstić information content (AvgIpc) is 2.61. The van der Waals surface area contributed by atoms with Crippen molar-refractivity contribution in [3.8, 4) is 23.0 Å². The van der Waals surface area contributed by atoms with Crippen LogP contribution in [0, 0.1) is 0 Å². The number of ether oxygens (including phenoxy) is 4. The van der Waals surface area contributed by atoms with Crippen LogP contribution in [0.5, 0.6) is 23.0 Å². The zero-order chi connectivity index (χ0) is 16.4. The largest absolute Gasteiger partial charge is 0.486 e. The van der Waals surface area contributed by atoms with Crippen molar-refractivity contribution in [2.45, 2.75) is 12.6 Å². The Morgan fingerprint density at radius 3 is 2.54 bits per heavy atom. The Morgan fingerprint density at radius 2 is 1.67 bits per heavy atom. The van der Waals surface area contributed by atoms with Crippen LogP contribution in [0.2, 0.25) is 0 Å². The minimum Gasteiger partial charge on any atom is -0.486 e. The molecule has 0 spiro atoms. The van der Waals surface area contributed by atoms with Crippen LogP contribution in [0.4, 0.5) is 0 Å². The van der Waals surface area contributed by atoms with E-state index in [2.05, 4.69) is 24.1 Å². The van der Waals surface area contributed by atoms with Gasteiger partial charge in [-0.1, -0.05) is 18.2 Å². The first kappa shape index (κ1) is 15.1. The second-order valence-electron chi connectivity index (χ2n) is 6.17. The molecule has 4 rings (SSSR count). The fourth-order valence-corrected chi connectivity index (χ4v) is 3.06. The minimum absolute atomic E-state index is 0.0297. The van der Waals surface area contributed by atoms with Crippen LogP contribution in [0.1, 0.15) is 5.56 Å². The molecule has 5 nitrogen and oxygen atoms in total. The number of rotatable bonds is 4. The van der Waals surface area contributed by atoms with E-state index in [4.69, 9.17) is 18.9 Å². The summed E-state index contributed by atoms with van der Waals surface area (Å²) in [7, 11) is 2.08. The summed E-state index contributed by atoms with van der Waals surface area (Å²) in [5.41, 5.74) is 1.19. The predicted octanol–water partition coefficient (Wildman–Crippen LogP) is 2.73. The lowest BCUT2D eigenvalue weighted by atomic mass is 10.1. The maximum atomic E-state index is 6.02. The number of hydrogen-bond donors (Lipinski definition) is 0. The van der Waals surface area contributed by atoms with Gasteiger partial charge in [-0.3, -0.25) is 4.90 Å². The topological polar surface area (TPSA) is 40.2 Å². The molecule has 126 valence electrons. The summed E-state index contributed by atoms with van der Waals surface area (Å²) in [6, 6.07) is 13.9. The highest BCUT2D eigenvalue weighted by Gasteiger charge is 2.22. The normalized spacial score (nSPS) is 18.5. The van der Waals surface area contributed by atoms with Gasteiger partial charge in [-0.05, 0) is 36.9 Å². The van der Waals surface area contributed by atoms with E-state index in [9.17, 15) is 0 Å². The molecule has 2 heterocycles. The number of nitrogens with zero attached hydrogens (tertiary/aromatic N) is 1. The minimum atomic E-state index is 0.0297. The van der Waals surface area contributed by atoms with Crippen LogP contribution in [0.25, 0.3) is 0 Å². The molecule has 2 aliphatic rings. The summed E-state index contributed by atoms with van der Waals surface area (Å²) in [6.45, 7) is 3.41. The molecule has 0 N–H and O–H groups in total. The van der Waals surface area contributed by atoms with Gasteiger partial charge in [0.1, 0.15) is 25.9 Å². The van der Waals surface area contributed by atoms with Gasteiger partial charge in [-0.15, -0.1) is 0 Å². The van der Waals surface area contributed by atoms with Crippen LogP contribution >= 0.6 is 0 Å². The fourth-order valence-electron chi connectivity index (χ4n) is 3.06. The van der Waals surface area contributed by atoms with E-state index in [0.29, 0.717) is 19.8 Å². The molecule has 0 amide bonds. The van der Waals surface area contributed by atoms with E-state index < -0.39 is 0 Å². The van der Waals surface area contributed by atoms with Gasteiger partial charge in [-0.25, -0.2) is 0 Å². The number of fused-ring (bicyclic) bond motifs is 2. The van der Waals surface area contributed by atoms with E-state index >= 15 is 0 Å². The number of likely N-dealkylation sites (N-methyl/N-ethyl adjacent to an activating group) is 1. The summed E-state index contributed by atoms with van der Waals surface area (Å²) in [5.74, 6) is 3.30. The Bertz CT molecular complexity index is 718. The van der Waals surface area contributed by atoms with Gasteiger partial charge < -0.3 is 18.9 Å². The third-order valence-electron chi connectivity index (χ3n) is 4.14. The first-order valence-electron chi connectivity index (χ1n) is 8.23. The third-order valence-corrected chi connectivity index (χ3v) is 4.14. The molecule has 0 radical (unpaired) electrons. The molecule has 2 aliphatic heterocycles. The van der Waals surface area contributed by atoms with Gasteiger partial charge in [-0.2, -0.15) is 0 Å². The third kappa shape index (κ3) is 3.26. The first-order valence-corrected chi connectivity index (χ1v) is 8.23. The highest BCUT2D eigenvalue weighted by molar-refractivity contribution is 5.44. The molecule has 0 fully saturated rings. The predicted molar refractivity (Wildman–Crippen MR) is 90.1 cm³/mol. The summed E-state index contributed by atoms with van der Waals surface area (Å²) >= 11 is 0. The van der Waals surface area contributed by atoms with Crippen molar-refractivity contribution < 1.29 is 18.9 Å². The van der Waals surface area contributed by atoms with Gasteiger partial charge in [0.25, 0.3) is 0 Å². The molecule has 24 heavy (non-hydrogen) atoms. The lowest BCUT2D eigenvalue weighted by molar-refractivity contribution is 0.0637. The molecule has 0 bridgehead atoms. The van der Waals surface area contributed by atoms with E-state index in [-0.39, 0.29) is 6.10 Å². The summed E-state index contributed by atoms with van der Waals surface area (Å²) in [4.78, 5) is 2.23. The van der Waals surface area contributed by atoms with Crippen molar-refractivity contribution in [1.29, 1.82) is 0 Å². The highest BCUT2D eigenvalue weighted by atomic mass is 16.6. The second-order valence-corrected chi connectivity index (χ2v) is 6.17. The average molecular weight is 327 g/mol. The van der Waals surface area contributed by atoms with Crippen molar-refractivity contribution in [3.63, 3.8) is 0 Å².